The van der Waals surface area contributed by atoms with E-state index in [2.05, 4.69) is 16.9 Å². The Labute approximate surface area is 118 Å². The number of aromatic nitrogens is 1. The maximum atomic E-state index is 11.4. The molecule has 5 nitrogen and oxygen atoms in total. The fourth-order valence-electron chi connectivity index (χ4n) is 1.69. The summed E-state index contributed by atoms with van der Waals surface area (Å²) in [5, 5.41) is 3.11. The maximum absolute atomic E-state index is 11.4. The number of carbonyl (C=O) groups is 1. The Hall–Kier alpha value is -2.60. The largest absolute Gasteiger partial charge is 0.463 e. The highest BCUT2D eigenvalue weighted by molar-refractivity contribution is 7.19. The van der Waals surface area contributed by atoms with Crippen LogP contribution < -0.4 is 5.32 Å². The van der Waals surface area contributed by atoms with Crippen LogP contribution in [0.15, 0.2) is 58.3 Å². The van der Waals surface area contributed by atoms with Crippen LogP contribution in [0.5, 0.6) is 0 Å². The van der Waals surface area contributed by atoms with Gasteiger partial charge in [0.2, 0.25) is 5.91 Å². The highest BCUT2D eigenvalue weighted by atomic mass is 32.1. The zero-order valence-corrected chi connectivity index (χ0v) is 11.1. The van der Waals surface area contributed by atoms with Crippen molar-refractivity contribution in [3.8, 4) is 22.1 Å². The number of anilines is 1. The topological polar surface area (TPSA) is 68.3 Å². The molecule has 1 amide bonds. The van der Waals surface area contributed by atoms with E-state index in [1.165, 1.54) is 17.4 Å². The van der Waals surface area contributed by atoms with Crippen LogP contribution in [0.25, 0.3) is 22.1 Å². The van der Waals surface area contributed by atoms with Crippen molar-refractivity contribution < 1.29 is 13.6 Å². The SMILES string of the molecule is C=CC(=O)Nc1nc(-c2ccco2)c(-c2ccco2)s1. The molecule has 3 aromatic heterocycles. The van der Waals surface area contributed by atoms with Gasteiger partial charge in [0, 0.05) is 0 Å². The molecule has 0 saturated heterocycles. The van der Waals surface area contributed by atoms with Crippen molar-refractivity contribution in [2.45, 2.75) is 0 Å². The third-order valence-electron chi connectivity index (χ3n) is 2.54. The quantitative estimate of drug-likeness (QED) is 0.741. The van der Waals surface area contributed by atoms with Crippen molar-refractivity contribution in [3.05, 3.63) is 49.4 Å². The lowest BCUT2D eigenvalue weighted by molar-refractivity contribution is -0.111. The summed E-state index contributed by atoms with van der Waals surface area (Å²) >= 11 is 1.31. The first kappa shape index (κ1) is 12.4. The van der Waals surface area contributed by atoms with Crippen LogP contribution in [0.4, 0.5) is 5.13 Å². The second-order valence-electron chi connectivity index (χ2n) is 3.84. The molecule has 0 unspecified atom stereocenters. The predicted molar refractivity (Wildman–Crippen MR) is 76.3 cm³/mol. The first-order chi connectivity index (χ1) is 9.78. The van der Waals surface area contributed by atoms with Gasteiger partial charge < -0.3 is 8.83 Å². The lowest BCUT2D eigenvalue weighted by Crippen LogP contribution is -2.06. The van der Waals surface area contributed by atoms with E-state index in [1.807, 2.05) is 6.07 Å². The van der Waals surface area contributed by atoms with Gasteiger partial charge in [-0.3, -0.25) is 10.1 Å². The number of furan rings is 2. The number of nitrogens with one attached hydrogen (secondary N) is 1. The van der Waals surface area contributed by atoms with Gasteiger partial charge in [-0.1, -0.05) is 17.9 Å². The third-order valence-corrected chi connectivity index (χ3v) is 3.53. The minimum Gasteiger partial charge on any atom is -0.463 e. The van der Waals surface area contributed by atoms with Crippen molar-refractivity contribution in [2.24, 2.45) is 0 Å². The minimum atomic E-state index is -0.310. The summed E-state index contributed by atoms with van der Waals surface area (Å²) in [7, 11) is 0. The molecule has 20 heavy (non-hydrogen) atoms. The van der Waals surface area contributed by atoms with Crippen LogP contribution in [-0.4, -0.2) is 10.9 Å². The molecular formula is C14H10N2O3S. The van der Waals surface area contributed by atoms with Crippen molar-refractivity contribution >= 4 is 22.4 Å². The summed E-state index contributed by atoms with van der Waals surface area (Å²) in [5.41, 5.74) is 0.634. The second kappa shape index (κ2) is 5.18. The molecule has 6 heteroatoms. The van der Waals surface area contributed by atoms with Crippen LogP contribution >= 0.6 is 11.3 Å². The smallest absolute Gasteiger partial charge is 0.249 e. The van der Waals surface area contributed by atoms with E-state index < -0.39 is 0 Å². The third kappa shape index (κ3) is 2.28. The van der Waals surface area contributed by atoms with Crippen LogP contribution in [0.3, 0.4) is 0 Å². The number of hydrogen-bond donors (Lipinski definition) is 1. The van der Waals surface area contributed by atoms with Gasteiger partial charge >= 0.3 is 0 Å². The number of nitrogens with zero attached hydrogens (tertiary/aromatic N) is 1. The molecule has 0 bridgehead atoms. The molecule has 3 rings (SSSR count). The minimum absolute atomic E-state index is 0.310. The Morgan fingerprint density at radius 1 is 1.25 bits per heavy atom. The molecule has 3 aromatic rings. The van der Waals surface area contributed by atoms with E-state index in [0.717, 1.165) is 4.88 Å². The number of thiazole rings is 1. The number of rotatable bonds is 4. The first-order valence-electron chi connectivity index (χ1n) is 5.80. The van der Waals surface area contributed by atoms with Crippen LogP contribution in [-0.2, 0) is 4.79 Å². The van der Waals surface area contributed by atoms with Gasteiger partial charge in [0.05, 0.1) is 12.5 Å². The molecule has 100 valence electrons. The molecule has 0 saturated carbocycles. The van der Waals surface area contributed by atoms with E-state index >= 15 is 0 Å². The summed E-state index contributed by atoms with van der Waals surface area (Å²) in [4.78, 5) is 16.5. The molecule has 0 fully saturated rings. The van der Waals surface area contributed by atoms with Gasteiger partial charge in [-0.25, -0.2) is 4.98 Å². The number of amides is 1. The Morgan fingerprint density at radius 3 is 2.55 bits per heavy atom. The lowest BCUT2D eigenvalue weighted by atomic mass is 10.2. The standard InChI is InChI=1S/C14H10N2O3S/c1-2-11(17)15-14-16-12(9-5-3-7-18-9)13(20-14)10-6-4-8-19-10/h2-8H,1H2,(H,15,16,17). The summed E-state index contributed by atoms with van der Waals surface area (Å²) < 4.78 is 10.8. The summed E-state index contributed by atoms with van der Waals surface area (Å²) in [5.74, 6) is 0.982. The molecule has 3 heterocycles. The number of hydrogen-bond acceptors (Lipinski definition) is 5. The van der Waals surface area contributed by atoms with Crippen molar-refractivity contribution in [2.75, 3.05) is 5.32 Å². The summed E-state index contributed by atoms with van der Waals surface area (Å²) in [6, 6.07) is 7.21. The highest BCUT2D eigenvalue weighted by Crippen LogP contribution is 2.39. The maximum Gasteiger partial charge on any atom is 0.249 e. The van der Waals surface area contributed by atoms with Gasteiger partial charge in [-0.2, -0.15) is 0 Å². The highest BCUT2D eigenvalue weighted by Gasteiger charge is 2.19. The molecule has 0 atom stereocenters. The fraction of sp³-hybridized carbons (Fsp3) is 0. The first-order valence-corrected chi connectivity index (χ1v) is 6.61. The van der Waals surface area contributed by atoms with E-state index in [4.69, 9.17) is 8.83 Å². The lowest BCUT2D eigenvalue weighted by Gasteiger charge is -1.94. The Balaban J connectivity index is 2.07. The molecule has 0 aliphatic heterocycles. The Kier molecular flexibility index (Phi) is 3.22. The van der Waals surface area contributed by atoms with Crippen molar-refractivity contribution in [3.63, 3.8) is 0 Å². The van der Waals surface area contributed by atoms with Crippen molar-refractivity contribution in [1.82, 2.24) is 4.98 Å². The van der Waals surface area contributed by atoms with Gasteiger partial charge in [0.1, 0.15) is 16.3 Å². The predicted octanol–water partition coefficient (Wildman–Crippen LogP) is 3.79. The molecule has 0 aromatic carbocycles. The van der Waals surface area contributed by atoms with Crippen LogP contribution in [0.2, 0.25) is 0 Å². The van der Waals surface area contributed by atoms with E-state index in [1.54, 1.807) is 30.7 Å². The molecule has 0 radical (unpaired) electrons. The van der Waals surface area contributed by atoms with E-state index in [9.17, 15) is 4.79 Å². The second-order valence-corrected chi connectivity index (χ2v) is 4.84. The Morgan fingerprint density at radius 2 is 1.95 bits per heavy atom. The Bertz CT molecular complexity index is 675. The van der Waals surface area contributed by atoms with Crippen LogP contribution in [0, 0.1) is 0 Å². The zero-order valence-electron chi connectivity index (χ0n) is 10.3. The molecule has 0 aliphatic carbocycles. The van der Waals surface area contributed by atoms with E-state index in [0.29, 0.717) is 22.3 Å². The molecule has 0 aliphatic rings. The average Bonchev–Trinajstić information content (AvgIpc) is 3.18. The summed E-state index contributed by atoms with van der Waals surface area (Å²) in [6.45, 7) is 3.41. The van der Waals surface area contributed by atoms with Gasteiger partial charge in [0.25, 0.3) is 0 Å². The van der Waals surface area contributed by atoms with Gasteiger partial charge in [0.15, 0.2) is 10.9 Å². The fourth-order valence-corrected chi connectivity index (χ4v) is 2.63. The molecule has 0 spiro atoms. The zero-order chi connectivity index (χ0) is 13.9. The average molecular weight is 286 g/mol. The van der Waals surface area contributed by atoms with Gasteiger partial charge in [-0.15, -0.1) is 0 Å². The van der Waals surface area contributed by atoms with Gasteiger partial charge in [-0.05, 0) is 30.3 Å². The van der Waals surface area contributed by atoms with Crippen molar-refractivity contribution in [1.29, 1.82) is 0 Å². The monoisotopic (exact) mass is 286 g/mol. The van der Waals surface area contributed by atoms with Crippen LogP contribution in [0.1, 0.15) is 0 Å². The molecule has 1 N–H and O–H groups in total. The normalized spacial score (nSPS) is 10.4. The van der Waals surface area contributed by atoms with E-state index in [-0.39, 0.29) is 5.91 Å². The molecular weight excluding hydrogens is 276 g/mol. The number of carbonyl (C=O) groups excluding carboxylic acids is 1. The summed E-state index contributed by atoms with van der Waals surface area (Å²) in [6.07, 6.45) is 4.35.